The summed E-state index contributed by atoms with van der Waals surface area (Å²) in [5.41, 5.74) is -0.780. The van der Waals surface area contributed by atoms with Gasteiger partial charge in [-0.2, -0.15) is 18.3 Å². The number of ether oxygens (including phenoxy) is 1. The van der Waals surface area contributed by atoms with Gasteiger partial charge in [0.15, 0.2) is 0 Å². The van der Waals surface area contributed by atoms with Crippen molar-refractivity contribution >= 4 is 6.21 Å². The van der Waals surface area contributed by atoms with Crippen molar-refractivity contribution in [1.82, 2.24) is 9.78 Å². The van der Waals surface area contributed by atoms with Crippen molar-refractivity contribution < 1.29 is 31.5 Å². The number of benzene rings is 1. The van der Waals surface area contributed by atoms with Gasteiger partial charge < -0.3 is 9.57 Å². The zero-order chi connectivity index (χ0) is 21.9. The van der Waals surface area contributed by atoms with Crippen LogP contribution in [0.15, 0.2) is 17.3 Å². The Morgan fingerprint density at radius 2 is 1.80 bits per heavy atom. The van der Waals surface area contributed by atoms with Crippen LogP contribution in [-0.2, 0) is 24.7 Å². The number of halogens is 5. The maximum absolute atomic E-state index is 13.6. The van der Waals surface area contributed by atoms with Gasteiger partial charge >= 0.3 is 6.18 Å². The molecule has 1 saturated carbocycles. The van der Waals surface area contributed by atoms with Crippen LogP contribution in [0.1, 0.15) is 54.5 Å². The number of aromatic nitrogens is 2. The Labute approximate surface area is 170 Å². The first kappa shape index (κ1) is 22.0. The average molecular weight is 431 g/mol. The first-order valence-electron chi connectivity index (χ1n) is 9.57. The summed E-state index contributed by atoms with van der Waals surface area (Å²) in [5, 5.41) is 8.08. The van der Waals surface area contributed by atoms with Gasteiger partial charge in [-0.1, -0.05) is 11.6 Å². The Hall–Kier alpha value is -2.65. The molecule has 10 heteroatoms. The van der Waals surface area contributed by atoms with Crippen molar-refractivity contribution in [1.29, 1.82) is 0 Å². The molecule has 0 atom stereocenters. The lowest BCUT2D eigenvalue weighted by Crippen LogP contribution is -2.21. The van der Waals surface area contributed by atoms with E-state index in [-0.39, 0.29) is 11.7 Å². The predicted molar refractivity (Wildman–Crippen MR) is 99.2 cm³/mol. The van der Waals surface area contributed by atoms with Crippen LogP contribution in [0.25, 0.3) is 0 Å². The van der Waals surface area contributed by atoms with Gasteiger partial charge in [0.1, 0.15) is 29.9 Å². The minimum absolute atomic E-state index is 0.0970. The van der Waals surface area contributed by atoms with Crippen LogP contribution in [0.2, 0.25) is 0 Å². The molecular formula is C20H22F5N3O2. The Morgan fingerprint density at radius 1 is 1.17 bits per heavy atom. The first-order chi connectivity index (χ1) is 14.2. The van der Waals surface area contributed by atoms with Gasteiger partial charge in [-0.25, -0.2) is 13.5 Å². The van der Waals surface area contributed by atoms with Crippen molar-refractivity contribution in [3.05, 3.63) is 46.2 Å². The fourth-order valence-electron chi connectivity index (χ4n) is 3.46. The summed E-state index contributed by atoms with van der Waals surface area (Å²) in [6, 6.07) is 1.16. The standard InChI is InChI=1S/C20H22F5N3O2/c1-12-15(19(28(2)27-12)30-14-6-4-3-5-7-14)10-26-29-11-13-8-16(21)18(17(22)9-13)20(23,24)25/h8-10,14H,3-7,11H2,1-2H3. The van der Waals surface area contributed by atoms with Crippen LogP contribution >= 0.6 is 0 Å². The van der Waals surface area contributed by atoms with Crippen LogP contribution < -0.4 is 4.74 Å². The Morgan fingerprint density at radius 3 is 2.40 bits per heavy atom. The van der Waals surface area contributed by atoms with Crippen molar-refractivity contribution in [2.45, 2.75) is 57.9 Å². The number of oxime groups is 1. The molecule has 0 saturated heterocycles. The molecule has 0 spiro atoms. The molecule has 164 valence electrons. The lowest BCUT2D eigenvalue weighted by atomic mass is 9.98. The van der Waals surface area contributed by atoms with E-state index in [9.17, 15) is 22.0 Å². The zero-order valence-corrected chi connectivity index (χ0v) is 16.6. The van der Waals surface area contributed by atoms with E-state index in [1.807, 2.05) is 0 Å². The molecule has 1 aromatic carbocycles. The van der Waals surface area contributed by atoms with Gasteiger partial charge in [0, 0.05) is 7.05 Å². The third-order valence-corrected chi connectivity index (χ3v) is 4.92. The molecule has 2 aromatic rings. The lowest BCUT2D eigenvalue weighted by Gasteiger charge is -2.23. The number of aryl methyl sites for hydroxylation is 2. The fraction of sp³-hybridized carbons (Fsp3) is 0.500. The fourth-order valence-corrected chi connectivity index (χ4v) is 3.46. The highest BCUT2D eigenvalue weighted by molar-refractivity contribution is 5.83. The highest BCUT2D eigenvalue weighted by Crippen LogP contribution is 2.34. The molecule has 0 radical (unpaired) electrons. The molecule has 1 aliphatic rings. The van der Waals surface area contributed by atoms with E-state index < -0.39 is 30.0 Å². The number of nitrogens with zero attached hydrogens (tertiary/aromatic N) is 3. The monoisotopic (exact) mass is 431 g/mol. The molecule has 0 amide bonds. The highest BCUT2D eigenvalue weighted by atomic mass is 19.4. The van der Waals surface area contributed by atoms with Gasteiger partial charge in [-0.05, 0) is 50.3 Å². The topological polar surface area (TPSA) is 48.6 Å². The molecule has 1 aliphatic carbocycles. The summed E-state index contributed by atoms with van der Waals surface area (Å²) in [6.45, 7) is 1.37. The summed E-state index contributed by atoms with van der Waals surface area (Å²) < 4.78 is 72.8. The SMILES string of the molecule is Cc1nn(C)c(OC2CCCCC2)c1C=NOCc1cc(F)c(C(F)(F)F)c(F)c1. The average Bonchev–Trinajstić information content (AvgIpc) is 2.91. The second kappa shape index (κ2) is 9.01. The molecule has 3 rings (SSSR count). The van der Waals surface area contributed by atoms with Crippen molar-refractivity contribution in [2.75, 3.05) is 0 Å². The first-order valence-corrected chi connectivity index (χ1v) is 9.57. The third kappa shape index (κ3) is 5.09. The molecule has 0 bridgehead atoms. The van der Waals surface area contributed by atoms with Crippen LogP contribution in [0.5, 0.6) is 5.88 Å². The molecule has 1 fully saturated rings. The summed E-state index contributed by atoms with van der Waals surface area (Å²) in [7, 11) is 1.75. The van der Waals surface area contributed by atoms with E-state index in [1.54, 1.807) is 18.7 Å². The largest absolute Gasteiger partial charge is 0.474 e. The normalized spacial score (nSPS) is 15.7. The van der Waals surface area contributed by atoms with Crippen molar-refractivity contribution in [3.63, 3.8) is 0 Å². The Balaban J connectivity index is 1.67. The molecule has 1 aromatic heterocycles. The van der Waals surface area contributed by atoms with Gasteiger partial charge in [-0.3, -0.25) is 0 Å². The smallest absolute Gasteiger partial charge is 0.422 e. The molecule has 0 N–H and O–H groups in total. The van der Waals surface area contributed by atoms with E-state index >= 15 is 0 Å². The van der Waals surface area contributed by atoms with Gasteiger partial charge in [0.25, 0.3) is 0 Å². The summed E-state index contributed by atoms with van der Waals surface area (Å²) >= 11 is 0. The van der Waals surface area contributed by atoms with Crippen LogP contribution in [0, 0.1) is 18.6 Å². The number of hydrogen-bond acceptors (Lipinski definition) is 4. The maximum Gasteiger partial charge on any atom is 0.422 e. The highest BCUT2D eigenvalue weighted by Gasteiger charge is 2.37. The number of rotatable bonds is 6. The molecular weight excluding hydrogens is 409 g/mol. The number of alkyl halides is 3. The molecule has 1 heterocycles. The van der Waals surface area contributed by atoms with E-state index in [2.05, 4.69) is 10.3 Å². The van der Waals surface area contributed by atoms with E-state index in [0.717, 1.165) is 25.7 Å². The van der Waals surface area contributed by atoms with Gasteiger partial charge in [-0.15, -0.1) is 0 Å². The second-order valence-electron chi connectivity index (χ2n) is 7.25. The quantitative estimate of drug-likeness (QED) is 0.355. The van der Waals surface area contributed by atoms with E-state index in [1.165, 1.54) is 12.6 Å². The van der Waals surface area contributed by atoms with E-state index in [0.29, 0.717) is 29.3 Å². The van der Waals surface area contributed by atoms with Crippen LogP contribution in [0.4, 0.5) is 22.0 Å². The lowest BCUT2D eigenvalue weighted by molar-refractivity contribution is -0.142. The molecule has 30 heavy (non-hydrogen) atoms. The second-order valence-corrected chi connectivity index (χ2v) is 7.25. The summed E-state index contributed by atoms with van der Waals surface area (Å²) in [6.07, 6.45) is 1.68. The van der Waals surface area contributed by atoms with E-state index in [4.69, 9.17) is 9.57 Å². The zero-order valence-electron chi connectivity index (χ0n) is 16.6. The Kier molecular flexibility index (Phi) is 6.62. The molecule has 5 nitrogen and oxygen atoms in total. The minimum atomic E-state index is -5.11. The predicted octanol–water partition coefficient (Wildman–Crippen LogP) is 5.29. The van der Waals surface area contributed by atoms with Crippen molar-refractivity contribution in [2.24, 2.45) is 12.2 Å². The third-order valence-electron chi connectivity index (χ3n) is 4.92. The van der Waals surface area contributed by atoms with Crippen molar-refractivity contribution in [3.8, 4) is 5.88 Å². The van der Waals surface area contributed by atoms with Gasteiger partial charge in [0.2, 0.25) is 5.88 Å². The summed E-state index contributed by atoms with van der Waals surface area (Å²) in [4.78, 5) is 5.03. The minimum Gasteiger partial charge on any atom is -0.474 e. The van der Waals surface area contributed by atoms with Crippen LogP contribution in [0.3, 0.4) is 0 Å². The Bertz CT molecular complexity index is 895. The molecule has 0 aliphatic heterocycles. The maximum atomic E-state index is 13.6. The number of hydrogen-bond donors (Lipinski definition) is 0. The molecule has 0 unspecified atom stereocenters. The summed E-state index contributed by atoms with van der Waals surface area (Å²) in [5.74, 6) is -2.86. The van der Waals surface area contributed by atoms with Crippen LogP contribution in [-0.4, -0.2) is 22.1 Å². The van der Waals surface area contributed by atoms with Gasteiger partial charge in [0.05, 0.1) is 17.5 Å².